The molecule has 0 unspecified atom stereocenters. The largest absolute Gasteiger partial charge is 0.352 e. The fraction of sp³-hybridized carbons (Fsp3) is 0.310. The van der Waals surface area contributed by atoms with Crippen LogP contribution in [0.3, 0.4) is 0 Å². The Morgan fingerprint density at radius 3 is 2.23 bits per heavy atom. The first-order valence-corrected chi connectivity index (χ1v) is 14.8. The lowest BCUT2D eigenvalue weighted by atomic mass is 10.1. The lowest BCUT2D eigenvalue weighted by Gasteiger charge is -2.32. The van der Waals surface area contributed by atoms with Crippen molar-refractivity contribution in [3.05, 3.63) is 94.0 Å². The molecule has 0 aromatic heterocycles. The van der Waals surface area contributed by atoms with Gasteiger partial charge in [-0.05, 0) is 80.8 Å². The van der Waals surface area contributed by atoms with Crippen LogP contribution in [-0.4, -0.2) is 43.8 Å². The molecule has 0 aliphatic heterocycles. The van der Waals surface area contributed by atoms with E-state index in [1.807, 2.05) is 26.8 Å². The fourth-order valence-corrected chi connectivity index (χ4v) is 5.63. The van der Waals surface area contributed by atoms with Crippen LogP contribution in [0.1, 0.15) is 38.3 Å². The van der Waals surface area contributed by atoms with Crippen LogP contribution in [0.5, 0.6) is 0 Å². The van der Waals surface area contributed by atoms with E-state index >= 15 is 0 Å². The van der Waals surface area contributed by atoms with Gasteiger partial charge in [-0.3, -0.25) is 13.9 Å². The molecule has 3 rings (SSSR count). The smallest absolute Gasteiger partial charge is 0.264 e. The lowest BCUT2D eigenvalue weighted by molar-refractivity contribution is -0.139. The van der Waals surface area contributed by atoms with E-state index in [9.17, 15) is 18.0 Å². The standard InChI is InChI=1S/C29H33Cl2N3O4S/c1-5-21(3)32-29(36)22(4)33(18-23-10-6-7-12-27(23)31)28(35)19-34(25-11-8-9-20(2)17-25)39(37,38)26-15-13-24(30)14-16-26/h6-17,21-22H,5,18-19H2,1-4H3,(H,32,36)/t21-,22-/m1/s1. The summed E-state index contributed by atoms with van der Waals surface area (Å²) >= 11 is 12.4. The van der Waals surface area contributed by atoms with E-state index in [1.165, 1.54) is 29.2 Å². The normalized spacial score (nSPS) is 12.9. The van der Waals surface area contributed by atoms with Crippen molar-refractivity contribution in [2.24, 2.45) is 0 Å². The molecule has 39 heavy (non-hydrogen) atoms. The first-order valence-electron chi connectivity index (χ1n) is 12.6. The maximum atomic E-state index is 13.9. The Hall–Kier alpha value is -3.07. The number of anilines is 1. The molecule has 0 bridgehead atoms. The summed E-state index contributed by atoms with van der Waals surface area (Å²) in [7, 11) is -4.17. The number of aryl methyl sites for hydroxylation is 1. The minimum Gasteiger partial charge on any atom is -0.352 e. The number of hydrogen-bond donors (Lipinski definition) is 1. The number of nitrogens with zero attached hydrogens (tertiary/aromatic N) is 2. The fourth-order valence-electron chi connectivity index (χ4n) is 3.90. The maximum absolute atomic E-state index is 13.9. The van der Waals surface area contributed by atoms with E-state index in [4.69, 9.17) is 23.2 Å². The number of benzene rings is 3. The first-order chi connectivity index (χ1) is 18.4. The Morgan fingerprint density at radius 2 is 1.62 bits per heavy atom. The van der Waals surface area contributed by atoms with Gasteiger partial charge in [0.2, 0.25) is 11.8 Å². The van der Waals surface area contributed by atoms with E-state index in [-0.39, 0.29) is 23.4 Å². The van der Waals surface area contributed by atoms with Crippen LogP contribution in [0.15, 0.2) is 77.7 Å². The number of hydrogen-bond acceptors (Lipinski definition) is 4. The quantitative estimate of drug-likeness (QED) is 0.305. The summed E-state index contributed by atoms with van der Waals surface area (Å²) in [6, 6.07) is 18.7. The van der Waals surface area contributed by atoms with Crippen molar-refractivity contribution in [1.82, 2.24) is 10.2 Å². The molecule has 0 aliphatic rings. The number of halogens is 2. The number of sulfonamides is 1. The molecule has 3 aromatic carbocycles. The first kappa shape index (κ1) is 30.5. The summed E-state index contributed by atoms with van der Waals surface area (Å²) in [6.45, 7) is 6.78. The summed E-state index contributed by atoms with van der Waals surface area (Å²) < 4.78 is 28.7. The van der Waals surface area contributed by atoms with Gasteiger partial charge in [-0.25, -0.2) is 8.42 Å². The SMILES string of the molecule is CC[C@@H](C)NC(=O)[C@@H](C)N(Cc1ccccc1Cl)C(=O)CN(c1cccc(C)c1)S(=O)(=O)c1ccc(Cl)cc1. The van der Waals surface area contributed by atoms with Crippen LogP contribution in [0, 0.1) is 6.92 Å². The summed E-state index contributed by atoms with van der Waals surface area (Å²) in [5, 5.41) is 3.74. The third-order valence-electron chi connectivity index (χ3n) is 6.44. The molecule has 0 spiro atoms. The average Bonchev–Trinajstić information content (AvgIpc) is 2.90. The molecule has 10 heteroatoms. The number of carbonyl (C=O) groups is 2. The van der Waals surface area contributed by atoms with Crippen LogP contribution in [0.25, 0.3) is 0 Å². The molecule has 7 nitrogen and oxygen atoms in total. The summed E-state index contributed by atoms with van der Waals surface area (Å²) in [4.78, 5) is 28.4. The highest BCUT2D eigenvalue weighted by atomic mass is 35.5. The maximum Gasteiger partial charge on any atom is 0.264 e. The molecule has 3 aromatic rings. The molecule has 0 aliphatic carbocycles. The van der Waals surface area contributed by atoms with Crippen LogP contribution in [0.2, 0.25) is 10.0 Å². The van der Waals surface area contributed by atoms with Gasteiger partial charge in [0, 0.05) is 22.6 Å². The Morgan fingerprint density at radius 1 is 0.949 bits per heavy atom. The van der Waals surface area contributed by atoms with E-state index in [0.29, 0.717) is 21.3 Å². The predicted octanol–water partition coefficient (Wildman–Crippen LogP) is 5.83. The minimum atomic E-state index is -4.17. The van der Waals surface area contributed by atoms with E-state index in [0.717, 1.165) is 16.3 Å². The molecule has 0 saturated carbocycles. The van der Waals surface area contributed by atoms with Gasteiger partial charge in [-0.15, -0.1) is 0 Å². The van der Waals surface area contributed by atoms with E-state index < -0.39 is 28.5 Å². The predicted molar refractivity (Wildman–Crippen MR) is 157 cm³/mol. The van der Waals surface area contributed by atoms with Crippen molar-refractivity contribution in [2.45, 2.75) is 57.6 Å². The zero-order valence-electron chi connectivity index (χ0n) is 22.4. The van der Waals surface area contributed by atoms with Gasteiger partial charge in [0.05, 0.1) is 10.6 Å². The van der Waals surface area contributed by atoms with Gasteiger partial charge in [0.25, 0.3) is 10.0 Å². The highest BCUT2D eigenvalue weighted by Crippen LogP contribution is 2.27. The molecule has 0 radical (unpaired) electrons. The molecule has 2 amide bonds. The molecule has 2 atom stereocenters. The Bertz CT molecular complexity index is 1410. The van der Waals surface area contributed by atoms with E-state index in [2.05, 4.69) is 5.32 Å². The van der Waals surface area contributed by atoms with Gasteiger partial charge >= 0.3 is 0 Å². The average molecular weight is 591 g/mol. The molecular formula is C29H33Cl2N3O4S. The molecule has 0 saturated heterocycles. The van der Waals surface area contributed by atoms with Crippen molar-refractivity contribution in [1.29, 1.82) is 0 Å². The summed E-state index contributed by atoms with van der Waals surface area (Å²) in [6.07, 6.45) is 0.720. The van der Waals surface area contributed by atoms with Gasteiger partial charge in [0.15, 0.2) is 0 Å². The van der Waals surface area contributed by atoms with Crippen molar-refractivity contribution in [3.8, 4) is 0 Å². The number of carbonyl (C=O) groups excluding carboxylic acids is 2. The Labute approximate surface area is 240 Å². The number of rotatable bonds is 11. The molecule has 1 N–H and O–H groups in total. The monoisotopic (exact) mass is 589 g/mol. The second-order valence-corrected chi connectivity index (χ2v) is 12.1. The topological polar surface area (TPSA) is 86.8 Å². The van der Waals surface area contributed by atoms with Crippen LogP contribution in [-0.2, 0) is 26.2 Å². The van der Waals surface area contributed by atoms with Crippen LogP contribution >= 0.6 is 23.2 Å². The van der Waals surface area contributed by atoms with E-state index in [1.54, 1.807) is 49.4 Å². The van der Waals surface area contributed by atoms with Crippen molar-refractivity contribution >= 4 is 50.7 Å². The Balaban J connectivity index is 2.04. The van der Waals surface area contributed by atoms with Crippen molar-refractivity contribution < 1.29 is 18.0 Å². The number of nitrogens with one attached hydrogen (secondary N) is 1. The van der Waals surface area contributed by atoms with Crippen LogP contribution in [0.4, 0.5) is 5.69 Å². The van der Waals surface area contributed by atoms with Crippen molar-refractivity contribution in [2.75, 3.05) is 10.8 Å². The summed E-state index contributed by atoms with van der Waals surface area (Å²) in [5.41, 5.74) is 1.79. The van der Waals surface area contributed by atoms with Gasteiger partial charge in [-0.1, -0.05) is 60.5 Å². The lowest BCUT2D eigenvalue weighted by Crippen LogP contribution is -2.52. The molecule has 208 valence electrons. The summed E-state index contributed by atoms with van der Waals surface area (Å²) in [5.74, 6) is -0.895. The Kier molecular flexibility index (Phi) is 10.4. The number of amides is 2. The third kappa shape index (κ3) is 7.75. The second-order valence-electron chi connectivity index (χ2n) is 9.41. The van der Waals surface area contributed by atoms with Gasteiger partial charge in [-0.2, -0.15) is 0 Å². The zero-order valence-corrected chi connectivity index (χ0v) is 24.7. The minimum absolute atomic E-state index is 0.0126. The van der Waals surface area contributed by atoms with Crippen LogP contribution < -0.4 is 9.62 Å². The molecule has 0 fully saturated rings. The van der Waals surface area contributed by atoms with Gasteiger partial charge < -0.3 is 10.2 Å². The van der Waals surface area contributed by atoms with Gasteiger partial charge in [0.1, 0.15) is 12.6 Å². The zero-order chi connectivity index (χ0) is 28.7. The van der Waals surface area contributed by atoms with Crippen molar-refractivity contribution in [3.63, 3.8) is 0 Å². The second kappa shape index (κ2) is 13.3. The third-order valence-corrected chi connectivity index (χ3v) is 8.85. The highest BCUT2D eigenvalue weighted by molar-refractivity contribution is 7.92. The molecule has 0 heterocycles. The molecular weight excluding hydrogens is 557 g/mol. The highest BCUT2D eigenvalue weighted by Gasteiger charge is 2.33.